The van der Waals surface area contributed by atoms with Crippen molar-refractivity contribution < 1.29 is 20.1 Å². The smallest absolute Gasteiger partial charge is 0.119 e. The molecule has 0 aliphatic heterocycles. The largest absolute Gasteiger partial charge is 0.494 e. The first-order chi connectivity index (χ1) is 14.9. The summed E-state index contributed by atoms with van der Waals surface area (Å²) < 4.78 is 5.91. The van der Waals surface area contributed by atoms with Crippen LogP contribution in [0.5, 0.6) is 5.75 Å². The molecule has 0 spiro atoms. The van der Waals surface area contributed by atoms with Gasteiger partial charge in [0.2, 0.25) is 0 Å². The number of fused-ring (bicyclic) bond motifs is 3. The molecule has 4 rings (SSSR count). The lowest BCUT2D eigenvalue weighted by molar-refractivity contribution is -0.205. The van der Waals surface area contributed by atoms with Gasteiger partial charge in [0.1, 0.15) is 11.4 Å². The summed E-state index contributed by atoms with van der Waals surface area (Å²) in [5, 5.41) is 32.3. The Morgan fingerprint density at radius 3 is 2.55 bits per heavy atom. The number of aryl methyl sites for hydroxylation is 1. The fourth-order valence-corrected chi connectivity index (χ4v) is 6.20. The number of aliphatic hydroxyl groups excluding tert-OH is 1. The summed E-state index contributed by atoms with van der Waals surface area (Å²) in [6.07, 6.45) is 5.60. The highest BCUT2D eigenvalue weighted by atomic mass is 16.5. The van der Waals surface area contributed by atoms with Crippen LogP contribution in [0.25, 0.3) is 0 Å². The number of benzene rings is 2. The SMILES string of the molecule is CCC12CC(C)(O)C(O)(c3ccccc3)C[C@H]1CCc1cc(OCCCCO)ccc12. The highest BCUT2D eigenvalue weighted by molar-refractivity contribution is 5.45. The average Bonchev–Trinajstić information content (AvgIpc) is 2.78. The van der Waals surface area contributed by atoms with Gasteiger partial charge in [0.05, 0.1) is 12.2 Å². The molecule has 2 aliphatic carbocycles. The quantitative estimate of drug-likeness (QED) is 0.573. The van der Waals surface area contributed by atoms with E-state index in [9.17, 15) is 10.2 Å². The first kappa shape index (κ1) is 22.3. The fourth-order valence-electron chi connectivity index (χ4n) is 6.20. The summed E-state index contributed by atoms with van der Waals surface area (Å²) in [5.74, 6) is 1.19. The molecule has 0 amide bonds. The molecular formula is C27H36O4. The summed E-state index contributed by atoms with van der Waals surface area (Å²) in [6, 6.07) is 16.1. The molecule has 0 aromatic heterocycles. The van der Waals surface area contributed by atoms with Crippen LogP contribution in [-0.4, -0.2) is 34.1 Å². The number of ether oxygens (including phenoxy) is 1. The Balaban J connectivity index is 1.65. The molecule has 4 atom stereocenters. The third kappa shape index (κ3) is 3.79. The molecule has 2 aromatic rings. The van der Waals surface area contributed by atoms with Crippen LogP contribution >= 0.6 is 0 Å². The zero-order chi connectivity index (χ0) is 22.1. The second-order valence-electron chi connectivity index (χ2n) is 9.72. The minimum Gasteiger partial charge on any atom is -0.494 e. The van der Waals surface area contributed by atoms with Crippen LogP contribution in [0.2, 0.25) is 0 Å². The van der Waals surface area contributed by atoms with Crippen molar-refractivity contribution in [1.29, 1.82) is 0 Å². The van der Waals surface area contributed by atoms with E-state index in [2.05, 4.69) is 19.1 Å². The van der Waals surface area contributed by atoms with Crippen LogP contribution in [0.15, 0.2) is 48.5 Å². The summed E-state index contributed by atoms with van der Waals surface area (Å²) in [7, 11) is 0. The Labute approximate surface area is 185 Å². The van der Waals surface area contributed by atoms with E-state index in [-0.39, 0.29) is 12.0 Å². The van der Waals surface area contributed by atoms with Gasteiger partial charge in [-0.3, -0.25) is 0 Å². The summed E-state index contributed by atoms with van der Waals surface area (Å²) in [5.41, 5.74) is 0.804. The second-order valence-corrected chi connectivity index (χ2v) is 9.72. The first-order valence-electron chi connectivity index (χ1n) is 11.7. The van der Waals surface area contributed by atoms with Crippen molar-refractivity contribution in [2.75, 3.05) is 13.2 Å². The van der Waals surface area contributed by atoms with Crippen LogP contribution in [0.1, 0.15) is 69.1 Å². The van der Waals surface area contributed by atoms with Gasteiger partial charge in [0.15, 0.2) is 0 Å². The Morgan fingerprint density at radius 1 is 1.06 bits per heavy atom. The number of aliphatic hydroxyl groups is 3. The summed E-state index contributed by atoms with van der Waals surface area (Å²) in [4.78, 5) is 0. The highest BCUT2D eigenvalue weighted by Gasteiger charge is 2.60. The van der Waals surface area contributed by atoms with E-state index in [1.54, 1.807) is 6.92 Å². The molecule has 0 radical (unpaired) electrons. The van der Waals surface area contributed by atoms with E-state index >= 15 is 0 Å². The van der Waals surface area contributed by atoms with Gasteiger partial charge in [-0.2, -0.15) is 0 Å². The van der Waals surface area contributed by atoms with Crippen LogP contribution in [0.4, 0.5) is 0 Å². The van der Waals surface area contributed by atoms with Gasteiger partial charge in [-0.15, -0.1) is 0 Å². The molecule has 1 saturated carbocycles. The van der Waals surface area contributed by atoms with Crippen LogP contribution < -0.4 is 4.74 Å². The fraction of sp³-hybridized carbons (Fsp3) is 0.556. The molecule has 0 bridgehead atoms. The van der Waals surface area contributed by atoms with Gasteiger partial charge in [-0.1, -0.05) is 43.3 Å². The molecule has 1 fully saturated rings. The number of hydrogen-bond acceptors (Lipinski definition) is 4. The summed E-state index contributed by atoms with van der Waals surface area (Å²) >= 11 is 0. The van der Waals surface area contributed by atoms with Gasteiger partial charge >= 0.3 is 0 Å². The topological polar surface area (TPSA) is 69.9 Å². The molecular weight excluding hydrogens is 388 g/mol. The molecule has 2 aliphatic rings. The molecule has 2 aromatic carbocycles. The molecule has 0 heterocycles. The maximum Gasteiger partial charge on any atom is 0.119 e. The third-order valence-electron chi connectivity index (χ3n) is 7.95. The monoisotopic (exact) mass is 424 g/mol. The first-order valence-corrected chi connectivity index (χ1v) is 11.7. The van der Waals surface area contributed by atoms with E-state index in [0.717, 1.165) is 43.4 Å². The normalized spacial score (nSPS) is 32.2. The number of rotatable bonds is 7. The van der Waals surface area contributed by atoms with Crippen molar-refractivity contribution in [2.24, 2.45) is 5.92 Å². The van der Waals surface area contributed by atoms with Gasteiger partial charge in [0, 0.05) is 12.0 Å². The van der Waals surface area contributed by atoms with E-state index in [1.807, 2.05) is 36.4 Å². The molecule has 4 nitrogen and oxygen atoms in total. The van der Waals surface area contributed by atoms with Crippen molar-refractivity contribution >= 4 is 0 Å². The lowest BCUT2D eigenvalue weighted by Gasteiger charge is -2.59. The zero-order valence-electron chi connectivity index (χ0n) is 18.8. The van der Waals surface area contributed by atoms with Gasteiger partial charge in [0.25, 0.3) is 0 Å². The van der Waals surface area contributed by atoms with Gasteiger partial charge in [-0.25, -0.2) is 0 Å². The lowest BCUT2D eigenvalue weighted by Crippen LogP contribution is -2.62. The molecule has 168 valence electrons. The van der Waals surface area contributed by atoms with E-state index in [0.29, 0.717) is 25.4 Å². The summed E-state index contributed by atoms with van der Waals surface area (Å²) in [6.45, 7) is 4.83. The standard InChI is InChI=1S/C27H36O4/c1-3-26-19-25(2,29)27(30,21-9-5-4-6-10-21)18-22(26)12-11-20-17-23(13-14-24(20)26)31-16-8-7-15-28/h4-6,9-10,13-14,17,22,28-30H,3,7-8,11-12,15-16,18-19H2,1-2H3/t22-,25?,26?,27?/m1/s1. The average molecular weight is 425 g/mol. The predicted molar refractivity (Wildman–Crippen MR) is 122 cm³/mol. The van der Waals surface area contributed by atoms with Crippen molar-refractivity contribution in [3.05, 3.63) is 65.2 Å². The van der Waals surface area contributed by atoms with E-state index in [1.165, 1.54) is 11.1 Å². The Bertz CT molecular complexity index is 893. The lowest BCUT2D eigenvalue weighted by atomic mass is 9.49. The maximum absolute atomic E-state index is 11.8. The van der Waals surface area contributed by atoms with Crippen molar-refractivity contribution in [2.45, 2.75) is 75.4 Å². The van der Waals surface area contributed by atoms with E-state index < -0.39 is 11.2 Å². The molecule has 4 heteroatoms. The Morgan fingerprint density at radius 2 is 1.84 bits per heavy atom. The third-order valence-corrected chi connectivity index (χ3v) is 7.95. The second kappa shape index (κ2) is 8.57. The minimum absolute atomic E-state index is 0.145. The molecule has 31 heavy (non-hydrogen) atoms. The van der Waals surface area contributed by atoms with Crippen LogP contribution in [0, 0.1) is 5.92 Å². The van der Waals surface area contributed by atoms with Gasteiger partial charge in [-0.05, 0) is 86.6 Å². The van der Waals surface area contributed by atoms with Crippen molar-refractivity contribution in [1.82, 2.24) is 0 Å². The highest BCUT2D eigenvalue weighted by Crippen LogP contribution is 2.60. The maximum atomic E-state index is 11.8. The minimum atomic E-state index is -1.25. The van der Waals surface area contributed by atoms with E-state index in [4.69, 9.17) is 9.84 Å². The Hall–Kier alpha value is -1.88. The predicted octanol–water partition coefficient (Wildman–Crippen LogP) is 4.48. The number of unbranched alkanes of at least 4 members (excludes halogenated alkanes) is 1. The molecule has 3 unspecified atom stereocenters. The Kier molecular flexibility index (Phi) is 6.17. The molecule has 0 saturated heterocycles. The van der Waals surface area contributed by atoms with Crippen molar-refractivity contribution in [3.63, 3.8) is 0 Å². The van der Waals surface area contributed by atoms with Gasteiger partial charge < -0.3 is 20.1 Å². The number of hydrogen-bond donors (Lipinski definition) is 3. The van der Waals surface area contributed by atoms with Crippen LogP contribution in [0.3, 0.4) is 0 Å². The molecule has 3 N–H and O–H groups in total. The zero-order valence-corrected chi connectivity index (χ0v) is 18.8. The van der Waals surface area contributed by atoms with Crippen molar-refractivity contribution in [3.8, 4) is 5.75 Å². The van der Waals surface area contributed by atoms with Crippen LogP contribution in [-0.2, 0) is 17.4 Å².